The predicted molar refractivity (Wildman–Crippen MR) is 57.6 cm³/mol. The third kappa shape index (κ3) is 2.46. The maximum Gasteiger partial charge on any atom is -0.0167 e. The Morgan fingerprint density at radius 2 is 1.08 bits per heavy atom. The Kier molecular flexibility index (Phi) is 3.23. The third-order valence-corrected chi connectivity index (χ3v) is 3.45. The summed E-state index contributed by atoms with van der Waals surface area (Å²) in [5.74, 6) is 1.73. The molecule has 2 aliphatic carbocycles. The van der Waals surface area contributed by atoms with Gasteiger partial charge in [0.25, 0.3) is 0 Å². The van der Waals surface area contributed by atoms with Crippen molar-refractivity contribution in [3.8, 4) is 0 Å². The molecule has 1 saturated carbocycles. The molecule has 0 spiro atoms. The fourth-order valence-corrected chi connectivity index (χ4v) is 2.61. The molecular formula is C13H20. The number of fused-ring (bicyclic) bond motifs is 1. The van der Waals surface area contributed by atoms with Gasteiger partial charge in [0, 0.05) is 0 Å². The average molecular weight is 176 g/mol. The normalized spacial score (nSPS) is 34.5. The van der Waals surface area contributed by atoms with Gasteiger partial charge in [-0.3, -0.25) is 0 Å². The first-order valence-electron chi connectivity index (χ1n) is 5.82. The topological polar surface area (TPSA) is 0 Å². The lowest BCUT2D eigenvalue weighted by Gasteiger charge is -2.23. The second-order valence-electron chi connectivity index (χ2n) is 4.44. The molecule has 2 unspecified atom stereocenters. The van der Waals surface area contributed by atoms with Crippen LogP contribution in [0.4, 0.5) is 0 Å². The first kappa shape index (κ1) is 9.05. The minimum absolute atomic E-state index is 0.864. The number of hydrogen-bond donors (Lipinski definition) is 0. The minimum Gasteiger partial charge on any atom is -0.0808 e. The molecule has 0 aliphatic heterocycles. The van der Waals surface area contributed by atoms with E-state index in [1.807, 2.05) is 0 Å². The van der Waals surface area contributed by atoms with Gasteiger partial charge in [0.1, 0.15) is 0 Å². The van der Waals surface area contributed by atoms with E-state index in [1.165, 1.54) is 44.9 Å². The Hall–Kier alpha value is -0.520. The molecule has 0 nitrogen and oxygen atoms in total. The first-order valence-corrected chi connectivity index (χ1v) is 5.82. The van der Waals surface area contributed by atoms with Gasteiger partial charge in [-0.2, -0.15) is 0 Å². The molecule has 0 aromatic rings. The summed E-state index contributed by atoms with van der Waals surface area (Å²) in [6.07, 6.45) is 19.4. The van der Waals surface area contributed by atoms with E-state index in [4.69, 9.17) is 0 Å². The predicted octanol–water partition coefficient (Wildman–Crippen LogP) is 4.09. The molecule has 0 heterocycles. The van der Waals surface area contributed by atoms with Crippen LogP contribution in [0.3, 0.4) is 0 Å². The van der Waals surface area contributed by atoms with Gasteiger partial charge < -0.3 is 0 Å². The van der Waals surface area contributed by atoms with Crippen molar-refractivity contribution in [1.82, 2.24) is 0 Å². The molecule has 2 atom stereocenters. The molecule has 0 aromatic heterocycles. The average Bonchev–Trinajstić information content (AvgIpc) is 2.28. The van der Waals surface area contributed by atoms with Crippen LogP contribution in [0.15, 0.2) is 24.3 Å². The van der Waals surface area contributed by atoms with Crippen LogP contribution in [0.2, 0.25) is 0 Å². The van der Waals surface area contributed by atoms with Crippen LogP contribution in [0.5, 0.6) is 0 Å². The Labute approximate surface area is 81.7 Å². The zero-order chi connectivity index (χ0) is 8.93. The van der Waals surface area contributed by atoms with Crippen molar-refractivity contribution in [3.63, 3.8) is 0 Å². The molecule has 0 heteroatoms. The summed E-state index contributed by atoms with van der Waals surface area (Å²) in [4.78, 5) is 0. The van der Waals surface area contributed by atoms with Crippen LogP contribution in [0, 0.1) is 11.8 Å². The van der Waals surface area contributed by atoms with Gasteiger partial charge >= 0.3 is 0 Å². The lowest BCUT2D eigenvalue weighted by Crippen LogP contribution is -2.12. The van der Waals surface area contributed by atoms with Crippen molar-refractivity contribution in [3.05, 3.63) is 24.3 Å². The van der Waals surface area contributed by atoms with Gasteiger partial charge in [-0.25, -0.2) is 0 Å². The highest BCUT2D eigenvalue weighted by Crippen LogP contribution is 2.31. The van der Waals surface area contributed by atoms with E-state index in [2.05, 4.69) is 24.3 Å². The maximum atomic E-state index is 2.43. The van der Waals surface area contributed by atoms with Crippen LogP contribution < -0.4 is 0 Å². The van der Waals surface area contributed by atoms with E-state index in [0.717, 1.165) is 11.8 Å². The van der Waals surface area contributed by atoms with E-state index in [0.29, 0.717) is 0 Å². The summed E-state index contributed by atoms with van der Waals surface area (Å²) in [5, 5.41) is 0. The SMILES string of the molecule is C1=CC2CCCCCCCC2C=C1. The van der Waals surface area contributed by atoms with Crippen LogP contribution in [0.1, 0.15) is 44.9 Å². The van der Waals surface area contributed by atoms with Crippen molar-refractivity contribution < 1.29 is 0 Å². The Morgan fingerprint density at radius 1 is 0.615 bits per heavy atom. The van der Waals surface area contributed by atoms with E-state index >= 15 is 0 Å². The van der Waals surface area contributed by atoms with Crippen molar-refractivity contribution in [1.29, 1.82) is 0 Å². The van der Waals surface area contributed by atoms with Gasteiger partial charge in [-0.05, 0) is 24.7 Å². The maximum absolute atomic E-state index is 2.43. The van der Waals surface area contributed by atoms with E-state index < -0.39 is 0 Å². The summed E-state index contributed by atoms with van der Waals surface area (Å²) in [7, 11) is 0. The van der Waals surface area contributed by atoms with Gasteiger partial charge in [-0.15, -0.1) is 0 Å². The molecule has 0 bridgehead atoms. The second-order valence-corrected chi connectivity index (χ2v) is 4.44. The summed E-state index contributed by atoms with van der Waals surface area (Å²) in [6.45, 7) is 0. The number of allylic oxidation sites excluding steroid dienone is 4. The summed E-state index contributed by atoms with van der Waals surface area (Å²) < 4.78 is 0. The lowest BCUT2D eigenvalue weighted by molar-refractivity contribution is 0.409. The fraction of sp³-hybridized carbons (Fsp3) is 0.692. The van der Waals surface area contributed by atoms with Crippen LogP contribution in [0.25, 0.3) is 0 Å². The molecule has 1 fully saturated rings. The third-order valence-electron chi connectivity index (χ3n) is 3.45. The van der Waals surface area contributed by atoms with Gasteiger partial charge in [0.15, 0.2) is 0 Å². The van der Waals surface area contributed by atoms with E-state index in [9.17, 15) is 0 Å². The molecular weight excluding hydrogens is 156 g/mol. The molecule has 0 radical (unpaired) electrons. The number of hydrogen-bond acceptors (Lipinski definition) is 0. The van der Waals surface area contributed by atoms with Crippen molar-refractivity contribution >= 4 is 0 Å². The highest BCUT2D eigenvalue weighted by molar-refractivity contribution is 5.14. The first-order chi connectivity index (χ1) is 6.47. The van der Waals surface area contributed by atoms with Crippen molar-refractivity contribution in [2.75, 3.05) is 0 Å². The summed E-state index contributed by atoms with van der Waals surface area (Å²) in [5.41, 5.74) is 0. The van der Waals surface area contributed by atoms with Crippen LogP contribution in [-0.4, -0.2) is 0 Å². The lowest BCUT2D eigenvalue weighted by atomic mass is 9.82. The van der Waals surface area contributed by atoms with Crippen molar-refractivity contribution in [2.45, 2.75) is 44.9 Å². The fourth-order valence-electron chi connectivity index (χ4n) is 2.61. The molecule has 13 heavy (non-hydrogen) atoms. The highest BCUT2D eigenvalue weighted by Gasteiger charge is 2.18. The molecule has 2 aliphatic rings. The quantitative estimate of drug-likeness (QED) is 0.521. The molecule has 0 aromatic carbocycles. The van der Waals surface area contributed by atoms with Gasteiger partial charge in [-0.1, -0.05) is 56.4 Å². The van der Waals surface area contributed by atoms with Gasteiger partial charge in [0.05, 0.1) is 0 Å². The summed E-state index contributed by atoms with van der Waals surface area (Å²) in [6, 6.07) is 0. The smallest absolute Gasteiger partial charge is 0.0167 e. The van der Waals surface area contributed by atoms with Crippen LogP contribution >= 0.6 is 0 Å². The molecule has 0 amide bonds. The zero-order valence-corrected chi connectivity index (χ0v) is 8.41. The Morgan fingerprint density at radius 3 is 1.62 bits per heavy atom. The molecule has 72 valence electrons. The van der Waals surface area contributed by atoms with E-state index in [-0.39, 0.29) is 0 Å². The van der Waals surface area contributed by atoms with E-state index in [1.54, 1.807) is 0 Å². The monoisotopic (exact) mass is 176 g/mol. The minimum atomic E-state index is 0.864. The number of rotatable bonds is 0. The standard InChI is InChI=1S/C13H20/c1-2-4-8-12-10-6-7-11-13(12)9-5-3-1/h6-7,10-13H,1-5,8-9H2. The molecule has 0 saturated heterocycles. The molecule has 2 rings (SSSR count). The zero-order valence-electron chi connectivity index (χ0n) is 8.41. The second kappa shape index (κ2) is 4.64. The highest BCUT2D eigenvalue weighted by atomic mass is 14.2. The molecule has 0 N–H and O–H groups in total. The van der Waals surface area contributed by atoms with Crippen molar-refractivity contribution in [2.24, 2.45) is 11.8 Å². The Balaban J connectivity index is 1.97. The van der Waals surface area contributed by atoms with Crippen LogP contribution in [-0.2, 0) is 0 Å². The van der Waals surface area contributed by atoms with Gasteiger partial charge in [0.2, 0.25) is 0 Å². The largest absolute Gasteiger partial charge is 0.0808 e. The Bertz CT molecular complexity index is 178. The summed E-state index contributed by atoms with van der Waals surface area (Å²) >= 11 is 0.